The van der Waals surface area contributed by atoms with E-state index < -0.39 is 0 Å². The van der Waals surface area contributed by atoms with Crippen LogP contribution < -0.4 is 5.32 Å². The van der Waals surface area contributed by atoms with Crippen molar-refractivity contribution in [1.82, 2.24) is 5.32 Å². The van der Waals surface area contributed by atoms with Gasteiger partial charge in [-0.2, -0.15) is 0 Å². The Morgan fingerprint density at radius 3 is 2.71 bits per heavy atom. The molecule has 28 heavy (non-hydrogen) atoms. The summed E-state index contributed by atoms with van der Waals surface area (Å²) in [5.74, 6) is 5.69. The van der Waals surface area contributed by atoms with Crippen LogP contribution in [-0.2, 0) is 0 Å². The van der Waals surface area contributed by atoms with E-state index in [9.17, 15) is 0 Å². The Bertz CT molecular complexity index is 506. The molecular weight excluding hydrogens is 338 g/mol. The topological polar surface area (TPSA) is 12.0 Å². The third-order valence-electron chi connectivity index (χ3n) is 8.97. The molecule has 2 saturated carbocycles. The van der Waals surface area contributed by atoms with Crippen LogP contribution in [0, 0.1) is 40.9 Å². The van der Waals surface area contributed by atoms with Crippen LogP contribution in [0.25, 0.3) is 0 Å². The van der Waals surface area contributed by atoms with Crippen LogP contribution in [0.1, 0.15) is 105 Å². The van der Waals surface area contributed by atoms with Crippen LogP contribution >= 0.6 is 0 Å². The first-order valence-corrected chi connectivity index (χ1v) is 12.8. The van der Waals surface area contributed by atoms with Crippen LogP contribution in [0.4, 0.5) is 0 Å². The van der Waals surface area contributed by atoms with Gasteiger partial charge in [0.25, 0.3) is 0 Å². The van der Waals surface area contributed by atoms with Crippen molar-refractivity contribution >= 4 is 0 Å². The zero-order valence-electron chi connectivity index (χ0n) is 19.7. The number of unbranched alkanes of at least 4 members (excludes halogenated alkanes) is 1. The minimum Gasteiger partial charge on any atom is -0.320 e. The van der Waals surface area contributed by atoms with E-state index in [4.69, 9.17) is 0 Å². The van der Waals surface area contributed by atoms with Gasteiger partial charge in [0.15, 0.2) is 0 Å². The Morgan fingerprint density at radius 1 is 1.14 bits per heavy atom. The second-order valence-corrected chi connectivity index (χ2v) is 11.5. The van der Waals surface area contributed by atoms with Crippen LogP contribution in [0.15, 0.2) is 11.6 Å². The highest BCUT2D eigenvalue weighted by molar-refractivity contribution is 5.23. The van der Waals surface area contributed by atoms with Crippen molar-refractivity contribution in [3.05, 3.63) is 11.6 Å². The van der Waals surface area contributed by atoms with Crippen molar-refractivity contribution in [2.24, 2.45) is 40.9 Å². The summed E-state index contributed by atoms with van der Waals surface area (Å²) in [5.41, 5.74) is 2.34. The average molecular weight is 388 g/mol. The number of fused-ring (bicyclic) bond motifs is 1. The molecule has 0 heterocycles. The summed E-state index contributed by atoms with van der Waals surface area (Å²) in [5, 5.41) is 3.48. The molecule has 6 atom stereocenters. The third kappa shape index (κ3) is 5.24. The molecule has 162 valence electrons. The highest BCUT2D eigenvalue weighted by Gasteiger charge is 2.48. The molecule has 4 unspecified atom stereocenters. The Kier molecular flexibility index (Phi) is 8.11. The summed E-state index contributed by atoms with van der Waals surface area (Å²) >= 11 is 0. The molecule has 2 fully saturated rings. The number of nitrogens with one attached hydrogen (secondary N) is 1. The highest BCUT2D eigenvalue weighted by Crippen LogP contribution is 2.58. The molecule has 0 aromatic carbocycles. The van der Waals surface area contributed by atoms with Gasteiger partial charge >= 0.3 is 0 Å². The van der Waals surface area contributed by atoms with E-state index in [1.165, 1.54) is 83.6 Å². The predicted octanol–water partition coefficient (Wildman–Crippen LogP) is 7.62. The van der Waals surface area contributed by atoms with Crippen LogP contribution in [-0.4, -0.2) is 13.6 Å². The first-order chi connectivity index (χ1) is 13.4. The van der Waals surface area contributed by atoms with Gasteiger partial charge in [0.1, 0.15) is 0 Å². The summed E-state index contributed by atoms with van der Waals surface area (Å²) in [6.45, 7) is 11.1. The molecule has 1 heteroatoms. The molecule has 0 radical (unpaired) electrons. The average Bonchev–Trinajstić information content (AvgIpc) is 3.12. The third-order valence-corrected chi connectivity index (χ3v) is 8.97. The minimum atomic E-state index is 0.502. The zero-order valence-corrected chi connectivity index (χ0v) is 19.7. The second kappa shape index (κ2) is 10.1. The quantitative estimate of drug-likeness (QED) is 0.317. The lowest BCUT2D eigenvalue weighted by Gasteiger charge is -2.52. The Balaban J connectivity index is 1.62. The van der Waals surface area contributed by atoms with E-state index >= 15 is 0 Å². The Morgan fingerprint density at radius 2 is 1.96 bits per heavy atom. The van der Waals surface area contributed by atoms with E-state index in [0.29, 0.717) is 5.41 Å². The van der Waals surface area contributed by atoms with Crippen molar-refractivity contribution in [2.75, 3.05) is 13.6 Å². The molecule has 1 nitrogen and oxygen atoms in total. The van der Waals surface area contributed by atoms with Crippen LogP contribution in [0.2, 0.25) is 0 Å². The summed E-state index contributed by atoms with van der Waals surface area (Å²) < 4.78 is 0. The first kappa shape index (κ1) is 22.4. The molecule has 1 N–H and O–H groups in total. The van der Waals surface area contributed by atoms with Gasteiger partial charge in [-0.25, -0.2) is 0 Å². The van der Waals surface area contributed by atoms with Gasteiger partial charge in [-0.3, -0.25) is 0 Å². The maximum atomic E-state index is 3.48. The standard InChI is InChI=1S/C27H49N/c1-20(2)8-6-7-9-22-10-11-23(19-22)25-13-12-24-18-21(3)14-16-27(24,4)26(25)15-17-28-5/h12,20-23,25-26,28H,6-11,13-19H2,1-5H3/t21-,22?,23?,25?,26?,27-/m0/s1. The molecule has 0 amide bonds. The van der Waals surface area contributed by atoms with Gasteiger partial charge < -0.3 is 5.32 Å². The summed E-state index contributed by atoms with van der Waals surface area (Å²) in [7, 11) is 2.14. The van der Waals surface area contributed by atoms with E-state index in [1.54, 1.807) is 0 Å². The summed E-state index contributed by atoms with van der Waals surface area (Å²) in [6.07, 6.45) is 20.2. The SMILES string of the molecule is CNCCC1C(C2CCC(CCCCC(C)C)C2)CC=C2C[C@@H](C)CC[C@@]21C. The number of allylic oxidation sites excluding steroid dienone is 2. The Hall–Kier alpha value is -0.300. The number of rotatable bonds is 9. The molecule has 0 aliphatic heterocycles. The highest BCUT2D eigenvalue weighted by atomic mass is 14.8. The van der Waals surface area contributed by atoms with E-state index in [0.717, 1.165) is 35.5 Å². The van der Waals surface area contributed by atoms with E-state index in [2.05, 4.69) is 46.1 Å². The normalized spacial score (nSPS) is 38.5. The second-order valence-electron chi connectivity index (χ2n) is 11.5. The smallest absolute Gasteiger partial charge is 0.00489 e. The fraction of sp³-hybridized carbons (Fsp3) is 0.926. The fourth-order valence-corrected chi connectivity index (χ4v) is 7.18. The number of hydrogen-bond acceptors (Lipinski definition) is 1. The predicted molar refractivity (Wildman–Crippen MR) is 123 cm³/mol. The lowest BCUT2D eigenvalue weighted by molar-refractivity contribution is 0.0571. The lowest BCUT2D eigenvalue weighted by atomic mass is 9.53. The molecule has 0 aromatic heterocycles. The van der Waals surface area contributed by atoms with E-state index in [1.807, 2.05) is 5.57 Å². The Labute approximate surface area is 176 Å². The van der Waals surface area contributed by atoms with Crippen molar-refractivity contribution in [1.29, 1.82) is 0 Å². The number of hydrogen-bond donors (Lipinski definition) is 1. The van der Waals surface area contributed by atoms with Gasteiger partial charge in [-0.15, -0.1) is 0 Å². The van der Waals surface area contributed by atoms with Crippen molar-refractivity contribution in [2.45, 2.75) is 105 Å². The molecule has 0 saturated heterocycles. The lowest BCUT2D eigenvalue weighted by Crippen LogP contribution is -2.43. The van der Waals surface area contributed by atoms with Gasteiger partial charge in [-0.1, -0.05) is 71.4 Å². The fourth-order valence-electron chi connectivity index (χ4n) is 7.18. The maximum Gasteiger partial charge on any atom is -0.00489 e. The van der Waals surface area contributed by atoms with Gasteiger partial charge in [-0.05, 0) is 99.5 Å². The molecule has 3 aliphatic rings. The first-order valence-electron chi connectivity index (χ1n) is 12.8. The summed E-state index contributed by atoms with van der Waals surface area (Å²) in [4.78, 5) is 0. The van der Waals surface area contributed by atoms with Crippen molar-refractivity contribution < 1.29 is 0 Å². The summed E-state index contributed by atoms with van der Waals surface area (Å²) in [6, 6.07) is 0. The maximum absolute atomic E-state index is 3.48. The van der Waals surface area contributed by atoms with Crippen molar-refractivity contribution in [3.8, 4) is 0 Å². The monoisotopic (exact) mass is 387 g/mol. The molecule has 3 rings (SSSR count). The molecular formula is C27H49N. The van der Waals surface area contributed by atoms with Gasteiger partial charge in [0, 0.05) is 0 Å². The minimum absolute atomic E-state index is 0.502. The van der Waals surface area contributed by atoms with Crippen LogP contribution in [0.5, 0.6) is 0 Å². The molecule has 0 bridgehead atoms. The largest absolute Gasteiger partial charge is 0.320 e. The van der Waals surface area contributed by atoms with Gasteiger partial charge in [0.2, 0.25) is 0 Å². The molecule has 0 spiro atoms. The van der Waals surface area contributed by atoms with Crippen LogP contribution in [0.3, 0.4) is 0 Å². The van der Waals surface area contributed by atoms with Crippen molar-refractivity contribution in [3.63, 3.8) is 0 Å². The zero-order chi connectivity index (χ0) is 20.1. The van der Waals surface area contributed by atoms with Gasteiger partial charge in [0.05, 0.1) is 0 Å². The van der Waals surface area contributed by atoms with E-state index in [-0.39, 0.29) is 0 Å². The molecule has 0 aromatic rings. The molecule has 3 aliphatic carbocycles.